The number of esters is 1. The fourth-order valence-electron chi connectivity index (χ4n) is 2.96. The first-order chi connectivity index (χ1) is 13.9. The van der Waals surface area contributed by atoms with Crippen LogP contribution < -0.4 is 5.73 Å². The summed E-state index contributed by atoms with van der Waals surface area (Å²) in [6, 6.07) is 0. The van der Waals surface area contributed by atoms with Crippen molar-refractivity contribution in [3.63, 3.8) is 0 Å². The number of halogens is 1. The number of ether oxygens (including phenoxy) is 2. The molecule has 0 saturated heterocycles. The second-order valence-corrected chi connectivity index (χ2v) is 7.09. The highest BCUT2D eigenvalue weighted by Gasteiger charge is 2.30. The number of nitrogens with two attached hydrogens (primary N) is 1. The first-order valence-electron chi connectivity index (χ1n) is 9.69. The van der Waals surface area contributed by atoms with Crippen LogP contribution in [0.25, 0.3) is 11.2 Å². The number of terminal acetylenes is 1. The maximum absolute atomic E-state index is 13.5. The SMILES string of the molecule is C#CC(CCn1cnc2c(N)nc(F)nc21)(COC(=O)C(C)CCCCC)OC. The van der Waals surface area contributed by atoms with Gasteiger partial charge in [-0.2, -0.15) is 14.4 Å². The van der Waals surface area contributed by atoms with Crippen LogP contribution in [0.3, 0.4) is 0 Å². The molecule has 2 heterocycles. The topological polar surface area (TPSA) is 105 Å². The Balaban J connectivity index is 2.02. The Morgan fingerprint density at radius 3 is 2.86 bits per heavy atom. The standard InChI is InChI=1S/C20H28FN5O3/c1-5-7-8-9-14(3)18(27)29-12-20(6-2,28-4)10-11-26-13-23-15-16(22)24-19(21)25-17(15)26/h2,13-14H,5,7-12H2,1,3-4H3,(H2,22,24,25). The molecule has 0 aromatic carbocycles. The smallest absolute Gasteiger partial charge is 0.312 e. The molecule has 0 aliphatic carbocycles. The van der Waals surface area contributed by atoms with Crippen LogP contribution in [0.15, 0.2) is 6.33 Å². The third kappa shape index (κ3) is 5.64. The van der Waals surface area contributed by atoms with Crippen molar-refractivity contribution < 1.29 is 18.7 Å². The van der Waals surface area contributed by atoms with Crippen molar-refractivity contribution in [1.82, 2.24) is 19.5 Å². The molecule has 0 saturated carbocycles. The fourth-order valence-corrected chi connectivity index (χ4v) is 2.96. The van der Waals surface area contributed by atoms with Crippen LogP contribution in [-0.4, -0.2) is 44.8 Å². The van der Waals surface area contributed by atoms with Gasteiger partial charge in [0, 0.05) is 20.1 Å². The predicted octanol–water partition coefficient (Wildman–Crippen LogP) is 2.72. The molecule has 0 aliphatic heterocycles. The van der Waals surface area contributed by atoms with E-state index < -0.39 is 11.7 Å². The molecule has 2 N–H and O–H groups in total. The summed E-state index contributed by atoms with van der Waals surface area (Å²) in [5, 5.41) is 0. The van der Waals surface area contributed by atoms with E-state index in [1.54, 1.807) is 4.57 Å². The number of aromatic nitrogens is 4. The van der Waals surface area contributed by atoms with Gasteiger partial charge in [-0.1, -0.05) is 39.0 Å². The molecule has 8 nitrogen and oxygen atoms in total. The molecule has 0 radical (unpaired) electrons. The van der Waals surface area contributed by atoms with Gasteiger partial charge in [0.1, 0.15) is 12.1 Å². The molecule has 2 rings (SSSR count). The van der Waals surface area contributed by atoms with E-state index in [-0.39, 0.29) is 30.0 Å². The lowest BCUT2D eigenvalue weighted by Crippen LogP contribution is -2.38. The molecule has 0 bridgehead atoms. The second-order valence-electron chi connectivity index (χ2n) is 7.09. The zero-order chi connectivity index (χ0) is 21.4. The molecule has 29 heavy (non-hydrogen) atoms. The summed E-state index contributed by atoms with van der Waals surface area (Å²) < 4.78 is 26.0. The minimum atomic E-state index is -1.12. The highest BCUT2D eigenvalue weighted by Crippen LogP contribution is 2.21. The number of rotatable bonds is 11. The summed E-state index contributed by atoms with van der Waals surface area (Å²) >= 11 is 0. The molecule has 2 aromatic rings. The van der Waals surface area contributed by atoms with Gasteiger partial charge in [-0.15, -0.1) is 6.42 Å². The Hall–Kier alpha value is -2.73. The van der Waals surface area contributed by atoms with Gasteiger partial charge in [-0.3, -0.25) is 4.79 Å². The number of carbonyl (C=O) groups excluding carboxylic acids is 1. The van der Waals surface area contributed by atoms with Gasteiger partial charge in [-0.25, -0.2) is 4.98 Å². The van der Waals surface area contributed by atoms with E-state index >= 15 is 0 Å². The molecule has 0 fully saturated rings. The number of aryl methyl sites for hydroxylation is 1. The van der Waals surface area contributed by atoms with Gasteiger partial charge >= 0.3 is 12.0 Å². The molecule has 0 aliphatic rings. The summed E-state index contributed by atoms with van der Waals surface area (Å²) in [6.45, 7) is 4.20. The van der Waals surface area contributed by atoms with Crippen LogP contribution in [0.5, 0.6) is 0 Å². The van der Waals surface area contributed by atoms with E-state index in [2.05, 4.69) is 27.8 Å². The Morgan fingerprint density at radius 2 is 2.21 bits per heavy atom. The minimum absolute atomic E-state index is 0.0350. The lowest BCUT2D eigenvalue weighted by atomic mass is 10.0. The number of nitrogen functional groups attached to an aromatic ring is 1. The summed E-state index contributed by atoms with van der Waals surface area (Å²) in [5.74, 6) is 2.05. The number of hydrogen-bond donors (Lipinski definition) is 1. The van der Waals surface area contributed by atoms with Crippen LogP contribution in [0.4, 0.5) is 10.2 Å². The molecule has 0 amide bonds. The van der Waals surface area contributed by atoms with Crippen LogP contribution in [0, 0.1) is 24.3 Å². The average molecular weight is 405 g/mol. The average Bonchev–Trinajstić information content (AvgIpc) is 3.11. The summed E-state index contributed by atoms with van der Waals surface area (Å²) in [7, 11) is 1.46. The van der Waals surface area contributed by atoms with E-state index in [1.807, 2.05) is 6.92 Å². The predicted molar refractivity (Wildman–Crippen MR) is 107 cm³/mol. The Bertz CT molecular complexity index is 879. The lowest BCUT2D eigenvalue weighted by Gasteiger charge is -2.27. The Labute approximate surface area is 170 Å². The maximum atomic E-state index is 13.5. The molecule has 2 unspecified atom stereocenters. The Morgan fingerprint density at radius 1 is 1.45 bits per heavy atom. The van der Waals surface area contributed by atoms with Crippen molar-refractivity contribution in [2.45, 2.75) is 58.1 Å². The number of anilines is 1. The largest absolute Gasteiger partial charge is 0.461 e. The zero-order valence-corrected chi connectivity index (χ0v) is 17.2. The van der Waals surface area contributed by atoms with Crippen LogP contribution >= 0.6 is 0 Å². The van der Waals surface area contributed by atoms with Gasteiger partial charge in [-0.05, 0) is 6.42 Å². The van der Waals surface area contributed by atoms with E-state index in [0.717, 1.165) is 25.7 Å². The third-order valence-electron chi connectivity index (χ3n) is 4.96. The second kappa shape index (κ2) is 10.2. The van der Waals surface area contributed by atoms with E-state index in [1.165, 1.54) is 13.4 Å². The number of hydrogen-bond acceptors (Lipinski definition) is 7. The molecular formula is C20H28FN5O3. The first kappa shape index (κ1) is 22.6. The normalized spacial score (nSPS) is 14.3. The number of nitrogens with zero attached hydrogens (tertiary/aromatic N) is 4. The van der Waals surface area contributed by atoms with Crippen molar-refractivity contribution in [3.05, 3.63) is 12.4 Å². The number of fused-ring (bicyclic) bond motifs is 1. The van der Waals surface area contributed by atoms with Crippen molar-refractivity contribution in [3.8, 4) is 12.3 Å². The first-order valence-corrected chi connectivity index (χ1v) is 9.69. The number of imidazole rings is 1. The molecule has 0 spiro atoms. The molecule has 2 atom stereocenters. The van der Waals surface area contributed by atoms with Gasteiger partial charge in [0.15, 0.2) is 17.1 Å². The van der Waals surface area contributed by atoms with Crippen molar-refractivity contribution in [2.75, 3.05) is 19.5 Å². The number of methoxy groups -OCH3 is 1. The summed E-state index contributed by atoms with van der Waals surface area (Å²) in [5.41, 5.74) is 5.13. The number of carbonyl (C=O) groups is 1. The Kier molecular flexibility index (Phi) is 7.91. The summed E-state index contributed by atoms with van der Waals surface area (Å²) in [4.78, 5) is 23.6. The van der Waals surface area contributed by atoms with E-state index in [0.29, 0.717) is 18.5 Å². The highest BCUT2D eigenvalue weighted by atomic mass is 19.1. The quantitative estimate of drug-likeness (QED) is 0.265. The van der Waals surface area contributed by atoms with Crippen molar-refractivity contribution in [1.29, 1.82) is 0 Å². The number of unbranched alkanes of at least 4 members (excludes halogenated alkanes) is 2. The van der Waals surface area contributed by atoms with Gasteiger partial charge in [0.05, 0.1) is 12.2 Å². The van der Waals surface area contributed by atoms with Gasteiger partial charge in [0.25, 0.3) is 0 Å². The van der Waals surface area contributed by atoms with Crippen molar-refractivity contribution >= 4 is 23.0 Å². The maximum Gasteiger partial charge on any atom is 0.312 e. The monoisotopic (exact) mass is 405 g/mol. The zero-order valence-electron chi connectivity index (χ0n) is 17.2. The van der Waals surface area contributed by atoms with Crippen LogP contribution in [-0.2, 0) is 20.8 Å². The van der Waals surface area contributed by atoms with Gasteiger partial charge < -0.3 is 19.8 Å². The van der Waals surface area contributed by atoms with Gasteiger partial charge in [0.2, 0.25) is 0 Å². The molecule has 9 heteroatoms. The lowest BCUT2D eigenvalue weighted by molar-refractivity contribution is -0.155. The fraction of sp³-hybridized carbons (Fsp3) is 0.600. The summed E-state index contributed by atoms with van der Waals surface area (Å²) in [6.07, 6.45) is 10.5. The molecule has 2 aromatic heterocycles. The van der Waals surface area contributed by atoms with E-state index in [9.17, 15) is 9.18 Å². The third-order valence-corrected chi connectivity index (χ3v) is 4.96. The van der Waals surface area contributed by atoms with Crippen molar-refractivity contribution in [2.24, 2.45) is 5.92 Å². The minimum Gasteiger partial charge on any atom is -0.461 e. The van der Waals surface area contributed by atoms with E-state index in [4.69, 9.17) is 21.6 Å². The highest BCUT2D eigenvalue weighted by molar-refractivity contribution is 5.81. The molecular weight excluding hydrogens is 377 g/mol. The molecule has 158 valence electrons. The van der Waals surface area contributed by atoms with Crippen LogP contribution in [0.1, 0.15) is 46.0 Å². The van der Waals surface area contributed by atoms with Crippen LogP contribution in [0.2, 0.25) is 0 Å².